The molecule has 0 aromatic heterocycles. The van der Waals surface area contributed by atoms with E-state index >= 15 is 0 Å². The Kier molecular flexibility index (Phi) is 6.79. The third-order valence-corrected chi connectivity index (χ3v) is 4.56. The average Bonchev–Trinajstić information content (AvgIpc) is 2.61. The molecule has 132 valence electrons. The van der Waals surface area contributed by atoms with E-state index in [0.717, 1.165) is 6.42 Å². The molecule has 0 spiro atoms. The molecule has 2 rings (SSSR count). The van der Waals surface area contributed by atoms with Gasteiger partial charge in [-0.15, -0.1) is 0 Å². The average molecular weight is 331 g/mol. The van der Waals surface area contributed by atoms with Gasteiger partial charge in [-0.3, -0.25) is 9.59 Å². The first-order chi connectivity index (χ1) is 11.5. The van der Waals surface area contributed by atoms with Crippen molar-refractivity contribution in [3.05, 3.63) is 35.9 Å². The highest BCUT2D eigenvalue weighted by Crippen LogP contribution is 2.20. The van der Waals surface area contributed by atoms with Gasteiger partial charge in [-0.1, -0.05) is 32.0 Å². The number of nitrogens with two attached hydrogens (primary N) is 1. The first kappa shape index (κ1) is 18.5. The van der Waals surface area contributed by atoms with Crippen LogP contribution in [-0.4, -0.2) is 42.4 Å². The maximum atomic E-state index is 12.4. The van der Waals surface area contributed by atoms with Gasteiger partial charge in [-0.25, -0.2) is 0 Å². The van der Waals surface area contributed by atoms with Gasteiger partial charge in [-0.2, -0.15) is 0 Å². The van der Waals surface area contributed by atoms with Gasteiger partial charge in [0.15, 0.2) is 0 Å². The second-order valence-electron chi connectivity index (χ2n) is 7.00. The number of hydrogen-bond acceptors (Lipinski definition) is 3. The molecule has 0 aliphatic carbocycles. The molecule has 5 nitrogen and oxygen atoms in total. The number of rotatable bonds is 6. The highest BCUT2D eigenvalue weighted by Gasteiger charge is 2.28. The van der Waals surface area contributed by atoms with E-state index < -0.39 is 0 Å². The van der Waals surface area contributed by atoms with Crippen LogP contribution in [0, 0.1) is 11.8 Å². The molecule has 1 aliphatic heterocycles. The van der Waals surface area contributed by atoms with E-state index in [-0.39, 0.29) is 23.8 Å². The van der Waals surface area contributed by atoms with Crippen molar-refractivity contribution in [2.45, 2.75) is 39.2 Å². The molecule has 1 heterocycles. The van der Waals surface area contributed by atoms with E-state index in [1.54, 1.807) is 0 Å². The fourth-order valence-electron chi connectivity index (χ4n) is 3.21. The Labute approximate surface area is 144 Å². The maximum absolute atomic E-state index is 12.4. The van der Waals surface area contributed by atoms with Gasteiger partial charge in [-0.05, 0) is 37.3 Å². The minimum Gasteiger partial charge on any atom is -0.352 e. The van der Waals surface area contributed by atoms with E-state index in [4.69, 9.17) is 5.73 Å². The SMILES string of the molecule is CC(C)CC(CN)NC(=O)C1CCN(C(=O)c2ccccc2)CC1. The molecule has 1 aromatic carbocycles. The molecule has 1 fully saturated rings. The lowest BCUT2D eigenvalue weighted by atomic mass is 9.94. The van der Waals surface area contributed by atoms with Crippen LogP contribution in [0.5, 0.6) is 0 Å². The van der Waals surface area contributed by atoms with Crippen molar-refractivity contribution in [1.82, 2.24) is 10.2 Å². The molecule has 1 aromatic rings. The Bertz CT molecular complexity index is 537. The summed E-state index contributed by atoms with van der Waals surface area (Å²) in [5, 5.41) is 3.08. The third-order valence-electron chi connectivity index (χ3n) is 4.56. The van der Waals surface area contributed by atoms with Crippen molar-refractivity contribution >= 4 is 11.8 Å². The van der Waals surface area contributed by atoms with Crippen LogP contribution < -0.4 is 11.1 Å². The predicted octanol–water partition coefficient (Wildman–Crippen LogP) is 2.03. The van der Waals surface area contributed by atoms with Crippen molar-refractivity contribution < 1.29 is 9.59 Å². The predicted molar refractivity (Wildman–Crippen MR) is 95.5 cm³/mol. The van der Waals surface area contributed by atoms with Gasteiger partial charge < -0.3 is 16.0 Å². The third kappa shape index (κ3) is 5.06. The molecule has 1 saturated heterocycles. The van der Waals surface area contributed by atoms with Crippen LogP contribution in [0.1, 0.15) is 43.5 Å². The number of nitrogens with zero attached hydrogens (tertiary/aromatic N) is 1. The Balaban J connectivity index is 1.83. The van der Waals surface area contributed by atoms with Crippen LogP contribution in [0.15, 0.2) is 30.3 Å². The molecule has 2 amide bonds. The zero-order valence-electron chi connectivity index (χ0n) is 14.7. The molecular formula is C19H29N3O2. The summed E-state index contributed by atoms with van der Waals surface area (Å²) in [6, 6.07) is 9.35. The molecule has 1 atom stereocenters. The van der Waals surface area contributed by atoms with Crippen LogP contribution in [0.25, 0.3) is 0 Å². The first-order valence-electron chi connectivity index (χ1n) is 8.86. The molecule has 24 heavy (non-hydrogen) atoms. The molecule has 5 heteroatoms. The summed E-state index contributed by atoms with van der Waals surface area (Å²) in [4.78, 5) is 26.7. The van der Waals surface area contributed by atoms with Gasteiger partial charge in [0.25, 0.3) is 5.91 Å². The van der Waals surface area contributed by atoms with E-state index in [1.807, 2.05) is 35.2 Å². The summed E-state index contributed by atoms with van der Waals surface area (Å²) in [6.07, 6.45) is 2.32. The molecule has 1 unspecified atom stereocenters. The minimum absolute atomic E-state index is 0.0222. The summed E-state index contributed by atoms with van der Waals surface area (Å²) >= 11 is 0. The standard InChI is InChI=1S/C19H29N3O2/c1-14(2)12-17(13-20)21-18(23)15-8-10-22(11-9-15)19(24)16-6-4-3-5-7-16/h3-7,14-15,17H,8-13,20H2,1-2H3,(H,21,23). The molecular weight excluding hydrogens is 302 g/mol. The number of nitrogens with one attached hydrogen (secondary N) is 1. The Morgan fingerprint density at radius 2 is 1.83 bits per heavy atom. The Morgan fingerprint density at radius 1 is 1.21 bits per heavy atom. The maximum Gasteiger partial charge on any atom is 0.253 e. The van der Waals surface area contributed by atoms with Crippen molar-refractivity contribution in [3.8, 4) is 0 Å². The van der Waals surface area contributed by atoms with Crippen molar-refractivity contribution in [2.75, 3.05) is 19.6 Å². The summed E-state index contributed by atoms with van der Waals surface area (Å²) in [5.74, 6) is 0.613. The van der Waals surface area contributed by atoms with Gasteiger partial charge in [0.05, 0.1) is 0 Å². The monoisotopic (exact) mass is 331 g/mol. The Hall–Kier alpha value is -1.88. The van der Waals surface area contributed by atoms with E-state index in [0.29, 0.717) is 44.0 Å². The fraction of sp³-hybridized carbons (Fsp3) is 0.579. The van der Waals surface area contributed by atoms with Crippen LogP contribution in [0.4, 0.5) is 0 Å². The van der Waals surface area contributed by atoms with Gasteiger partial charge in [0, 0.05) is 37.2 Å². The summed E-state index contributed by atoms with van der Waals surface area (Å²) < 4.78 is 0. The highest BCUT2D eigenvalue weighted by molar-refractivity contribution is 5.94. The lowest BCUT2D eigenvalue weighted by molar-refractivity contribution is -0.127. The molecule has 0 saturated carbocycles. The number of hydrogen-bond donors (Lipinski definition) is 2. The molecule has 1 aliphatic rings. The number of piperidine rings is 1. The second-order valence-corrected chi connectivity index (χ2v) is 7.00. The number of amides is 2. The molecule has 0 bridgehead atoms. The summed E-state index contributed by atoms with van der Waals surface area (Å²) in [7, 11) is 0. The van der Waals surface area contributed by atoms with E-state index in [9.17, 15) is 9.59 Å². The van der Waals surface area contributed by atoms with Crippen LogP contribution in [-0.2, 0) is 4.79 Å². The summed E-state index contributed by atoms with van der Waals surface area (Å²) in [5.41, 5.74) is 6.47. The lowest BCUT2D eigenvalue weighted by Crippen LogP contribution is -2.47. The highest BCUT2D eigenvalue weighted by atomic mass is 16.2. The van der Waals surface area contributed by atoms with E-state index in [1.165, 1.54) is 0 Å². The quantitative estimate of drug-likeness (QED) is 0.837. The van der Waals surface area contributed by atoms with Crippen LogP contribution in [0.2, 0.25) is 0 Å². The van der Waals surface area contributed by atoms with Gasteiger partial charge >= 0.3 is 0 Å². The van der Waals surface area contributed by atoms with Crippen LogP contribution >= 0.6 is 0 Å². The summed E-state index contributed by atoms with van der Waals surface area (Å²) in [6.45, 7) is 5.98. The second kappa shape index (κ2) is 8.83. The largest absolute Gasteiger partial charge is 0.352 e. The van der Waals surface area contributed by atoms with Gasteiger partial charge in [0.1, 0.15) is 0 Å². The zero-order chi connectivity index (χ0) is 17.5. The number of carbonyl (C=O) groups excluding carboxylic acids is 2. The minimum atomic E-state index is -0.0222. The number of benzene rings is 1. The zero-order valence-corrected chi connectivity index (χ0v) is 14.7. The van der Waals surface area contributed by atoms with E-state index in [2.05, 4.69) is 19.2 Å². The smallest absolute Gasteiger partial charge is 0.253 e. The fourth-order valence-corrected chi connectivity index (χ4v) is 3.21. The van der Waals surface area contributed by atoms with Crippen molar-refractivity contribution in [2.24, 2.45) is 17.6 Å². The molecule has 3 N–H and O–H groups in total. The van der Waals surface area contributed by atoms with Crippen molar-refractivity contribution in [1.29, 1.82) is 0 Å². The van der Waals surface area contributed by atoms with Crippen LogP contribution in [0.3, 0.4) is 0 Å². The number of carbonyl (C=O) groups is 2. The Morgan fingerprint density at radius 3 is 2.38 bits per heavy atom. The van der Waals surface area contributed by atoms with Crippen molar-refractivity contribution in [3.63, 3.8) is 0 Å². The number of likely N-dealkylation sites (tertiary alicyclic amines) is 1. The normalized spacial score (nSPS) is 16.9. The lowest BCUT2D eigenvalue weighted by Gasteiger charge is -2.32. The molecule has 0 radical (unpaired) electrons. The topological polar surface area (TPSA) is 75.4 Å². The van der Waals surface area contributed by atoms with Gasteiger partial charge in [0.2, 0.25) is 5.91 Å². The first-order valence-corrected chi connectivity index (χ1v) is 8.86.